The Labute approximate surface area is 157 Å². The molecule has 122 valence electrons. The molecule has 4 aromatic rings. The van der Waals surface area contributed by atoms with E-state index in [2.05, 4.69) is 85.6 Å². The first-order valence-corrected chi connectivity index (χ1v) is 9.67. The smallest absolute Gasteiger partial charge is 0.115 e. The van der Waals surface area contributed by atoms with E-state index < -0.39 is 0 Å². The number of hydrogen-bond donors (Lipinski definition) is 0. The molecule has 0 fully saturated rings. The van der Waals surface area contributed by atoms with Crippen LogP contribution < -0.4 is 10.4 Å². The van der Waals surface area contributed by atoms with E-state index in [0.29, 0.717) is 9.52 Å². The van der Waals surface area contributed by atoms with Gasteiger partial charge in [-0.15, -0.1) is 6.42 Å². The molecular formula is C25H18Si. The fourth-order valence-electron chi connectivity index (χ4n) is 3.30. The lowest BCUT2D eigenvalue weighted by Crippen LogP contribution is -2.26. The highest BCUT2D eigenvalue weighted by Gasteiger charge is 2.07. The topological polar surface area (TPSA) is 0 Å². The molecule has 0 saturated heterocycles. The predicted molar refractivity (Wildman–Crippen MR) is 114 cm³/mol. The minimum Gasteiger partial charge on any atom is -0.115 e. The Bertz CT molecular complexity index is 1100. The predicted octanol–water partition coefficient (Wildman–Crippen LogP) is 4.45. The second-order valence-electron chi connectivity index (χ2n) is 6.40. The van der Waals surface area contributed by atoms with Gasteiger partial charge in [-0.2, -0.15) is 0 Å². The molecule has 26 heavy (non-hydrogen) atoms. The van der Waals surface area contributed by atoms with E-state index in [9.17, 15) is 0 Å². The second kappa shape index (κ2) is 7.04. The van der Waals surface area contributed by atoms with Crippen molar-refractivity contribution in [3.63, 3.8) is 0 Å². The molecule has 0 nitrogen and oxygen atoms in total. The lowest BCUT2D eigenvalue weighted by Gasteiger charge is -2.11. The Hall–Kier alpha value is -3.08. The van der Waals surface area contributed by atoms with Crippen LogP contribution >= 0.6 is 0 Å². The molecular weight excluding hydrogens is 328 g/mol. The quantitative estimate of drug-likeness (QED) is 0.380. The van der Waals surface area contributed by atoms with Crippen LogP contribution in [-0.2, 0) is 0 Å². The fraction of sp³-hybridized carbons (Fsp3) is 0.0400. The van der Waals surface area contributed by atoms with Crippen molar-refractivity contribution in [2.75, 3.05) is 0 Å². The normalized spacial score (nSPS) is 10.6. The number of hydrogen-bond acceptors (Lipinski definition) is 0. The molecule has 0 spiro atoms. The number of rotatable bonds is 3. The second-order valence-corrected chi connectivity index (χ2v) is 7.81. The van der Waals surface area contributed by atoms with Crippen molar-refractivity contribution in [1.82, 2.24) is 0 Å². The lowest BCUT2D eigenvalue weighted by molar-refractivity contribution is 1.49. The summed E-state index contributed by atoms with van der Waals surface area (Å²) >= 11 is 0. The molecule has 0 aliphatic carbocycles. The summed E-state index contributed by atoms with van der Waals surface area (Å²) in [4.78, 5) is 0. The van der Waals surface area contributed by atoms with Gasteiger partial charge in [0.05, 0.1) is 0 Å². The van der Waals surface area contributed by atoms with Crippen molar-refractivity contribution in [2.45, 2.75) is 6.92 Å². The van der Waals surface area contributed by atoms with Gasteiger partial charge < -0.3 is 0 Å². The summed E-state index contributed by atoms with van der Waals surface area (Å²) in [7, 11) is 0.638. The summed E-state index contributed by atoms with van der Waals surface area (Å²) in [6.07, 6.45) is 5.43. The van der Waals surface area contributed by atoms with Crippen molar-refractivity contribution in [3.05, 3.63) is 96.1 Å². The zero-order chi connectivity index (χ0) is 17.9. The van der Waals surface area contributed by atoms with E-state index in [1.165, 1.54) is 37.8 Å². The molecule has 4 aromatic carbocycles. The maximum atomic E-state index is 5.43. The van der Waals surface area contributed by atoms with Crippen LogP contribution in [0.1, 0.15) is 11.1 Å². The van der Waals surface area contributed by atoms with E-state index in [0.717, 1.165) is 5.56 Å². The van der Waals surface area contributed by atoms with Crippen LogP contribution in [0.2, 0.25) is 0 Å². The summed E-state index contributed by atoms with van der Waals surface area (Å²) in [5.74, 6) is 2.67. The highest BCUT2D eigenvalue weighted by Crippen LogP contribution is 2.31. The van der Waals surface area contributed by atoms with E-state index in [4.69, 9.17) is 6.42 Å². The van der Waals surface area contributed by atoms with Crippen molar-refractivity contribution in [1.29, 1.82) is 0 Å². The first kappa shape index (κ1) is 16.4. The Balaban J connectivity index is 1.66. The van der Waals surface area contributed by atoms with Gasteiger partial charge in [-0.1, -0.05) is 89.1 Å². The SMILES string of the molecule is C#Cc1ccc([Si]c2ccc(-c3c(C)ccc4ccccc34)cc2)cc1. The molecule has 0 atom stereocenters. The summed E-state index contributed by atoms with van der Waals surface area (Å²) in [5.41, 5.74) is 4.84. The number of fused-ring (bicyclic) bond motifs is 1. The van der Waals surface area contributed by atoms with Crippen molar-refractivity contribution < 1.29 is 0 Å². The van der Waals surface area contributed by atoms with Gasteiger partial charge in [0.2, 0.25) is 0 Å². The summed E-state index contributed by atoms with van der Waals surface area (Å²) in [5, 5.41) is 5.23. The molecule has 0 N–H and O–H groups in total. The van der Waals surface area contributed by atoms with E-state index in [1.54, 1.807) is 0 Å². The molecule has 0 heterocycles. The van der Waals surface area contributed by atoms with Crippen LogP contribution in [-0.4, -0.2) is 9.52 Å². The highest BCUT2D eigenvalue weighted by atomic mass is 28.2. The van der Waals surface area contributed by atoms with Crippen LogP contribution in [0.25, 0.3) is 21.9 Å². The first-order chi connectivity index (χ1) is 12.7. The molecule has 4 rings (SSSR count). The number of terminal acetylenes is 1. The Morgan fingerprint density at radius 1 is 0.731 bits per heavy atom. The summed E-state index contributed by atoms with van der Waals surface area (Å²) < 4.78 is 0. The molecule has 0 aliphatic heterocycles. The maximum absolute atomic E-state index is 5.43. The average Bonchev–Trinajstić information content (AvgIpc) is 2.69. The monoisotopic (exact) mass is 346 g/mol. The fourth-order valence-corrected chi connectivity index (χ4v) is 4.30. The zero-order valence-electron chi connectivity index (χ0n) is 14.7. The molecule has 0 saturated carbocycles. The third-order valence-corrected chi connectivity index (χ3v) is 5.90. The number of aryl methyl sites for hydroxylation is 1. The Morgan fingerprint density at radius 3 is 2.08 bits per heavy atom. The van der Waals surface area contributed by atoms with Gasteiger partial charge in [-0.05, 0) is 46.5 Å². The minimum atomic E-state index is 0.638. The van der Waals surface area contributed by atoms with Gasteiger partial charge in [0.1, 0.15) is 9.52 Å². The van der Waals surface area contributed by atoms with Crippen LogP contribution in [0.4, 0.5) is 0 Å². The highest BCUT2D eigenvalue weighted by molar-refractivity contribution is 6.67. The number of benzene rings is 4. The van der Waals surface area contributed by atoms with Crippen molar-refractivity contribution in [3.8, 4) is 23.5 Å². The first-order valence-electron chi connectivity index (χ1n) is 8.67. The molecule has 0 bridgehead atoms. The third-order valence-electron chi connectivity index (χ3n) is 4.65. The van der Waals surface area contributed by atoms with Gasteiger partial charge >= 0.3 is 0 Å². The van der Waals surface area contributed by atoms with Gasteiger partial charge in [-0.3, -0.25) is 0 Å². The molecule has 0 unspecified atom stereocenters. The molecule has 0 aromatic heterocycles. The lowest BCUT2D eigenvalue weighted by atomic mass is 9.94. The zero-order valence-corrected chi connectivity index (χ0v) is 15.7. The van der Waals surface area contributed by atoms with E-state index in [-0.39, 0.29) is 0 Å². The standard InChI is InChI=1S/C25H18Si/c1-3-19-9-14-22(15-10-19)26-23-16-12-21(13-17-23)25-18(2)8-11-20-6-4-5-7-24(20)25/h1,4-17H,2H3. The van der Waals surface area contributed by atoms with E-state index >= 15 is 0 Å². The van der Waals surface area contributed by atoms with Crippen LogP contribution in [0.5, 0.6) is 0 Å². The van der Waals surface area contributed by atoms with Crippen LogP contribution in [0.15, 0.2) is 84.9 Å². The average molecular weight is 347 g/mol. The molecule has 0 amide bonds. The molecule has 1 heteroatoms. The summed E-state index contributed by atoms with van der Waals surface area (Å²) in [6.45, 7) is 2.18. The van der Waals surface area contributed by atoms with Crippen molar-refractivity contribution >= 4 is 30.7 Å². The van der Waals surface area contributed by atoms with Gasteiger partial charge in [0, 0.05) is 5.56 Å². The summed E-state index contributed by atoms with van der Waals surface area (Å²) in [6, 6.07) is 30.2. The molecule has 2 radical (unpaired) electrons. The van der Waals surface area contributed by atoms with Gasteiger partial charge in [-0.25, -0.2) is 0 Å². The third kappa shape index (κ3) is 3.20. The van der Waals surface area contributed by atoms with Crippen LogP contribution in [0.3, 0.4) is 0 Å². The van der Waals surface area contributed by atoms with Crippen LogP contribution in [0, 0.1) is 19.3 Å². The van der Waals surface area contributed by atoms with E-state index in [1.807, 2.05) is 12.1 Å². The maximum Gasteiger partial charge on any atom is 0.121 e. The van der Waals surface area contributed by atoms with Crippen molar-refractivity contribution in [2.24, 2.45) is 0 Å². The minimum absolute atomic E-state index is 0.638. The Kier molecular flexibility index (Phi) is 4.44. The van der Waals surface area contributed by atoms with Gasteiger partial charge in [0.15, 0.2) is 0 Å². The molecule has 0 aliphatic rings. The van der Waals surface area contributed by atoms with Gasteiger partial charge in [0.25, 0.3) is 0 Å². The largest absolute Gasteiger partial charge is 0.121 e. The Morgan fingerprint density at radius 2 is 1.38 bits per heavy atom.